The molecule has 66 valence electrons. The van der Waals surface area contributed by atoms with E-state index in [0.29, 0.717) is 6.54 Å². The van der Waals surface area contributed by atoms with Crippen LogP contribution in [0.1, 0.15) is 11.1 Å². The summed E-state index contributed by atoms with van der Waals surface area (Å²) < 4.78 is 0. The second kappa shape index (κ2) is 4.12. The van der Waals surface area contributed by atoms with Crippen LogP contribution in [0, 0.1) is 13.8 Å². The normalized spacial score (nSPS) is 9.92. The standard InChI is InChI=1S/C10H15NO/c1-8-3-4-10(9(2)7-8)11-5-6-12/h3-4,7,11-12H,5-6H2,1-2H3. The smallest absolute Gasteiger partial charge is 0.0604 e. The summed E-state index contributed by atoms with van der Waals surface area (Å²) in [5.74, 6) is 0. The number of benzene rings is 1. The van der Waals surface area contributed by atoms with E-state index in [2.05, 4.69) is 31.3 Å². The maximum absolute atomic E-state index is 8.61. The molecule has 1 aromatic carbocycles. The van der Waals surface area contributed by atoms with Crippen molar-refractivity contribution in [1.29, 1.82) is 0 Å². The number of nitrogens with one attached hydrogen (secondary N) is 1. The van der Waals surface area contributed by atoms with Crippen molar-refractivity contribution in [3.63, 3.8) is 0 Å². The number of hydrogen-bond donors (Lipinski definition) is 2. The molecular formula is C10H15NO. The van der Waals surface area contributed by atoms with E-state index in [0.717, 1.165) is 5.69 Å². The van der Waals surface area contributed by atoms with Gasteiger partial charge in [0.2, 0.25) is 0 Å². The maximum Gasteiger partial charge on any atom is 0.0604 e. The molecule has 0 heterocycles. The molecular weight excluding hydrogens is 150 g/mol. The van der Waals surface area contributed by atoms with Crippen molar-refractivity contribution in [2.24, 2.45) is 0 Å². The van der Waals surface area contributed by atoms with Crippen LogP contribution in [-0.2, 0) is 0 Å². The third kappa shape index (κ3) is 2.24. The Morgan fingerprint density at radius 1 is 1.33 bits per heavy atom. The Morgan fingerprint density at radius 2 is 2.08 bits per heavy atom. The molecule has 12 heavy (non-hydrogen) atoms. The molecule has 0 aromatic heterocycles. The second-order valence-electron chi connectivity index (χ2n) is 2.97. The van der Waals surface area contributed by atoms with Gasteiger partial charge in [-0.05, 0) is 25.5 Å². The molecule has 0 saturated heterocycles. The lowest BCUT2D eigenvalue weighted by Gasteiger charge is -2.08. The first-order valence-electron chi connectivity index (χ1n) is 4.16. The fourth-order valence-electron chi connectivity index (χ4n) is 1.20. The highest BCUT2D eigenvalue weighted by molar-refractivity contribution is 5.51. The molecule has 0 aliphatic heterocycles. The van der Waals surface area contributed by atoms with Crippen LogP contribution >= 0.6 is 0 Å². The van der Waals surface area contributed by atoms with Crippen LogP contribution in [0.25, 0.3) is 0 Å². The molecule has 0 amide bonds. The quantitative estimate of drug-likeness (QED) is 0.714. The van der Waals surface area contributed by atoms with Crippen LogP contribution in [0.5, 0.6) is 0 Å². The summed E-state index contributed by atoms with van der Waals surface area (Å²) in [6.45, 7) is 4.92. The van der Waals surface area contributed by atoms with Gasteiger partial charge < -0.3 is 10.4 Å². The summed E-state index contributed by atoms with van der Waals surface area (Å²) in [5, 5.41) is 11.8. The third-order valence-electron chi connectivity index (χ3n) is 1.81. The average Bonchev–Trinajstić information content (AvgIpc) is 2.03. The van der Waals surface area contributed by atoms with Crippen molar-refractivity contribution in [3.8, 4) is 0 Å². The Bertz CT molecular complexity index is 258. The predicted molar refractivity (Wildman–Crippen MR) is 51.5 cm³/mol. The first kappa shape index (κ1) is 9.07. The molecule has 0 aliphatic carbocycles. The monoisotopic (exact) mass is 165 g/mol. The highest BCUT2D eigenvalue weighted by atomic mass is 16.3. The summed E-state index contributed by atoms with van der Waals surface area (Å²) in [4.78, 5) is 0. The molecule has 0 spiro atoms. The minimum atomic E-state index is 0.174. The Hall–Kier alpha value is -1.02. The highest BCUT2D eigenvalue weighted by Gasteiger charge is 1.95. The molecule has 2 nitrogen and oxygen atoms in total. The second-order valence-corrected chi connectivity index (χ2v) is 2.97. The Labute approximate surface area is 73.2 Å². The molecule has 0 fully saturated rings. The number of rotatable bonds is 3. The van der Waals surface area contributed by atoms with Crippen LogP contribution in [-0.4, -0.2) is 18.3 Å². The molecule has 2 N–H and O–H groups in total. The Morgan fingerprint density at radius 3 is 2.67 bits per heavy atom. The molecule has 0 unspecified atom stereocenters. The fraction of sp³-hybridized carbons (Fsp3) is 0.400. The van der Waals surface area contributed by atoms with Crippen LogP contribution in [0.2, 0.25) is 0 Å². The number of anilines is 1. The first-order valence-corrected chi connectivity index (χ1v) is 4.16. The lowest BCUT2D eigenvalue weighted by Crippen LogP contribution is -2.06. The minimum Gasteiger partial charge on any atom is -0.395 e. The number of aliphatic hydroxyl groups is 1. The lowest BCUT2D eigenvalue weighted by molar-refractivity contribution is 0.311. The maximum atomic E-state index is 8.61. The average molecular weight is 165 g/mol. The first-order chi connectivity index (χ1) is 5.74. The zero-order valence-electron chi connectivity index (χ0n) is 7.59. The van der Waals surface area contributed by atoms with Gasteiger partial charge in [0.15, 0.2) is 0 Å². The van der Waals surface area contributed by atoms with E-state index in [1.165, 1.54) is 11.1 Å². The molecule has 0 aliphatic rings. The van der Waals surface area contributed by atoms with E-state index in [1.54, 1.807) is 0 Å². The van der Waals surface area contributed by atoms with Gasteiger partial charge in [-0.2, -0.15) is 0 Å². The fourth-order valence-corrected chi connectivity index (χ4v) is 1.20. The summed E-state index contributed by atoms with van der Waals surface area (Å²) in [6, 6.07) is 6.23. The number of aryl methyl sites for hydroxylation is 2. The van der Waals surface area contributed by atoms with Gasteiger partial charge in [0.25, 0.3) is 0 Å². The van der Waals surface area contributed by atoms with Gasteiger partial charge in [0.05, 0.1) is 6.61 Å². The Kier molecular flexibility index (Phi) is 3.11. The lowest BCUT2D eigenvalue weighted by atomic mass is 10.1. The molecule has 2 heteroatoms. The molecule has 0 radical (unpaired) electrons. The van der Waals surface area contributed by atoms with Crippen molar-refractivity contribution < 1.29 is 5.11 Å². The van der Waals surface area contributed by atoms with Gasteiger partial charge in [-0.15, -0.1) is 0 Å². The van der Waals surface area contributed by atoms with E-state index >= 15 is 0 Å². The van der Waals surface area contributed by atoms with Gasteiger partial charge in [-0.25, -0.2) is 0 Å². The summed E-state index contributed by atoms with van der Waals surface area (Å²) in [7, 11) is 0. The molecule has 1 rings (SSSR count). The Balaban J connectivity index is 2.72. The van der Waals surface area contributed by atoms with Crippen LogP contribution in [0.15, 0.2) is 18.2 Å². The number of hydrogen-bond acceptors (Lipinski definition) is 2. The van der Waals surface area contributed by atoms with E-state index in [1.807, 2.05) is 6.07 Å². The van der Waals surface area contributed by atoms with Gasteiger partial charge in [0.1, 0.15) is 0 Å². The largest absolute Gasteiger partial charge is 0.395 e. The van der Waals surface area contributed by atoms with Crippen LogP contribution in [0.4, 0.5) is 5.69 Å². The minimum absolute atomic E-state index is 0.174. The van der Waals surface area contributed by atoms with Gasteiger partial charge in [0, 0.05) is 12.2 Å². The van der Waals surface area contributed by atoms with Crippen molar-refractivity contribution in [2.75, 3.05) is 18.5 Å². The van der Waals surface area contributed by atoms with Crippen molar-refractivity contribution >= 4 is 5.69 Å². The summed E-state index contributed by atoms with van der Waals surface area (Å²) in [5.41, 5.74) is 3.60. The van der Waals surface area contributed by atoms with Gasteiger partial charge >= 0.3 is 0 Å². The molecule has 0 atom stereocenters. The summed E-state index contributed by atoms with van der Waals surface area (Å²) >= 11 is 0. The van der Waals surface area contributed by atoms with Gasteiger partial charge in [-0.3, -0.25) is 0 Å². The summed E-state index contributed by atoms with van der Waals surface area (Å²) in [6.07, 6.45) is 0. The van der Waals surface area contributed by atoms with E-state index in [-0.39, 0.29) is 6.61 Å². The van der Waals surface area contributed by atoms with Crippen molar-refractivity contribution in [3.05, 3.63) is 29.3 Å². The van der Waals surface area contributed by atoms with E-state index in [4.69, 9.17) is 5.11 Å². The van der Waals surface area contributed by atoms with E-state index in [9.17, 15) is 0 Å². The van der Waals surface area contributed by atoms with Crippen LogP contribution in [0.3, 0.4) is 0 Å². The van der Waals surface area contributed by atoms with Crippen LogP contribution < -0.4 is 5.32 Å². The predicted octanol–water partition coefficient (Wildman–Crippen LogP) is 1.71. The van der Waals surface area contributed by atoms with Crippen molar-refractivity contribution in [1.82, 2.24) is 0 Å². The topological polar surface area (TPSA) is 32.3 Å². The van der Waals surface area contributed by atoms with Crippen molar-refractivity contribution in [2.45, 2.75) is 13.8 Å². The van der Waals surface area contributed by atoms with Gasteiger partial charge in [-0.1, -0.05) is 17.7 Å². The molecule has 1 aromatic rings. The SMILES string of the molecule is Cc1ccc(NCCO)c(C)c1. The zero-order chi connectivity index (χ0) is 8.97. The molecule has 0 bridgehead atoms. The highest BCUT2D eigenvalue weighted by Crippen LogP contribution is 2.15. The number of aliphatic hydroxyl groups excluding tert-OH is 1. The third-order valence-corrected chi connectivity index (χ3v) is 1.81. The molecule has 0 saturated carbocycles. The zero-order valence-corrected chi connectivity index (χ0v) is 7.59. The van der Waals surface area contributed by atoms with E-state index < -0.39 is 0 Å².